The summed E-state index contributed by atoms with van der Waals surface area (Å²) in [6.45, 7) is 5.65. The van der Waals surface area contributed by atoms with Crippen molar-refractivity contribution in [3.63, 3.8) is 0 Å². The van der Waals surface area contributed by atoms with Crippen LogP contribution in [-0.2, 0) is 11.3 Å². The van der Waals surface area contributed by atoms with Gasteiger partial charge in [-0.15, -0.1) is 0 Å². The Bertz CT molecular complexity index is 1700. The minimum Gasteiger partial charge on any atom is -0.462 e. The fourth-order valence-corrected chi connectivity index (χ4v) is 4.19. The largest absolute Gasteiger partial charge is 0.462 e. The van der Waals surface area contributed by atoms with Crippen LogP contribution in [0.1, 0.15) is 59.4 Å². The summed E-state index contributed by atoms with van der Waals surface area (Å²) in [4.78, 5) is 59.5. The average molecular weight is 518 g/mol. The number of nitro benzene ring substituents is 1. The topological polar surface area (TPSA) is 138 Å². The summed E-state index contributed by atoms with van der Waals surface area (Å²) in [5, 5.41) is 11.6. The number of rotatable bonds is 8. The number of ether oxygens (including phenoxy) is 1. The van der Waals surface area contributed by atoms with Crippen LogP contribution in [0.25, 0.3) is 16.7 Å². The highest BCUT2D eigenvalue weighted by Crippen LogP contribution is 2.20. The van der Waals surface area contributed by atoms with Gasteiger partial charge >= 0.3 is 5.97 Å². The van der Waals surface area contributed by atoms with Crippen LogP contribution >= 0.6 is 0 Å². The fraction of sp³-hybridized carbons (Fsp3) is 0.296. The summed E-state index contributed by atoms with van der Waals surface area (Å²) >= 11 is 0. The molecule has 0 aliphatic rings. The van der Waals surface area contributed by atoms with Crippen LogP contribution < -0.4 is 11.0 Å². The van der Waals surface area contributed by atoms with Crippen LogP contribution in [0.5, 0.6) is 0 Å². The van der Waals surface area contributed by atoms with Gasteiger partial charge in [-0.25, -0.2) is 9.78 Å². The normalized spacial score (nSPS) is 11.7. The van der Waals surface area contributed by atoms with Crippen molar-refractivity contribution in [1.82, 2.24) is 14.0 Å². The second-order valence-electron chi connectivity index (χ2n) is 8.72. The van der Waals surface area contributed by atoms with Crippen LogP contribution in [0.4, 0.5) is 5.69 Å². The van der Waals surface area contributed by atoms with Gasteiger partial charge in [0.05, 0.1) is 16.9 Å². The van der Waals surface area contributed by atoms with Gasteiger partial charge in [-0.1, -0.05) is 31.9 Å². The Hall–Kier alpha value is -4.67. The van der Waals surface area contributed by atoms with E-state index in [9.17, 15) is 24.5 Å². The number of benzene rings is 1. The van der Waals surface area contributed by atoms with E-state index in [1.54, 1.807) is 42.8 Å². The molecule has 1 amide bonds. The quantitative estimate of drug-likeness (QED) is 0.113. The van der Waals surface area contributed by atoms with E-state index < -0.39 is 16.8 Å². The van der Waals surface area contributed by atoms with Crippen LogP contribution in [0.15, 0.2) is 58.4 Å². The zero-order valence-electron chi connectivity index (χ0n) is 21.3. The first kappa shape index (κ1) is 26.4. The zero-order valence-corrected chi connectivity index (χ0v) is 21.3. The third-order valence-corrected chi connectivity index (χ3v) is 6.13. The molecule has 1 aromatic carbocycles. The number of nitro groups is 1. The lowest BCUT2D eigenvalue weighted by Gasteiger charge is -2.15. The fourth-order valence-electron chi connectivity index (χ4n) is 4.19. The number of hydrogen-bond donors (Lipinski definition) is 0. The van der Waals surface area contributed by atoms with E-state index in [-0.39, 0.29) is 45.5 Å². The summed E-state index contributed by atoms with van der Waals surface area (Å²) in [6, 6.07) is 10.6. The van der Waals surface area contributed by atoms with Gasteiger partial charge in [0.25, 0.3) is 17.2 Å². The molecule has 0 saturated carbocycles. The first-order chi connectivity index (χ1) is 18.3. The monoisotopic (exact) mass is 517 g/mol. The Kier molecular flexibility index (Phi) is 7.75. The lowest BCUT2D eigenvalue weighted by Crippen LogP contribution is -2.33. The van der Waals surface area contributed by atoms with Crippen molar-refractivity contribution >= 4 is 34.2 Å². The molecule has 11 heteroatoms. The SMILES string of the molecule is CCCCCn1c(=NC(=O)c2ccc(C)c([N+](=O)[O-])c2)c(C(=O)OCC)cc2c(=O)n3ccccc3nc21. The highest BCUT2D eigenvalue weighted by Gasteiger charge is 2.21. The van der Waals surface area contributed by atoms with Crippen molar-refractivity contribution in [3.8, 4) is 0 Å². The Morgan fingerprint density at radius 1 is 1.13 bits per heavy atom. The van der Waals surface area contributed by atoms with Gasteiger partial charge in [0.1, 0.15) is 16.9 Å². The van der Waals surface area contributed by atoms with E-state index in [2.05, 4.69) is 9.98 Å². The van der Waals surface area contributed by atoms with Crippen LogP contribution in [0.3, 0.4) is 0 Å². The van der Waals surface area contributed by atoms with Gasteiger partial charge < -0.3 is 9.30 Å². The van der Waals surface area contributed by atoms with Crippen LogP contribution in [-0.4, -0.2) is 37.4 Å². The van der Waals surface area contributed by atoms with Gasteiger partial charge in [0.2, 0.25) is 0 Å². The molecule has 196 valence electrons. The van der Waals surface area contributed by atoms with Gasteiger partial charge in [0.15, 0.2) is 5.49 Å². The van der Waals surface area contributed by atoms with Crippen molar-refractivity contribution in [2.75, 3.05) is 6.61 Å². The molecule has 0 aliphatic carbocycles. The maximum absolute atomic E-state index is 13.4. The number of carbonyl (C=O) groups excluding carboxylic acids is 2. The molecule has 0 bridgehead atoms. The Morgan fingerprint density at radius 3 is 2.63 bits per heavy atom. The molecule has 0 unspecified atom stereocenters. The summed E-state index contributed by atoms with van der Waals surface area (Å²) in [5.41, 5.74) is 0.364. The number of amides is 1. The van der Waals surface area contributed by atoms with Crippen LogP contribution in [0.2, 0.25) is 0 Å². The number of carbonyl (C=O) groups is 2. The summed E-state index contributed by atoms with van der Waals surface area (Å²) in [7, 11) is 0. The number of aryl methyl sites for hydroxylation is 2. The first-order valence-corrected chi connectivity index (χ1v) is 12.3. The van der Waals surface area contributed by atoms with Gasteiger partial charge in [-0.3, -0.25) is 24.1 Å². The van der Waals surface area contributed by atoms with Crippen molar-refractivity contribution in [3.05, 3.63) is 91.3 Å². The molecule has 4 aromatic rings. The molecule has 0 fully saturated rings. The molecule has 0 N–H and O–H groups in total. The number of esters is 1. The van der Waals surface area contributed by atoms with E-state index in [0.717, 1.165) is 18.9 Å². The van der Waals surface area contributed by atoms with Gasteiger partial charge in [-0.05, 0) is 44.5 Å². The van der Waals surface area contributed by atoms with Gasteiger partial charge in [-0.2, -0.15) is 4.99 Å². The van der Waals surface area contributed by atoms with E-state index in [0.29, 0.717) is 24.2 Å². The summed E-state index contributed by atoms with van der Waals surface area (Å²) in [6.07, 6.45) is 4.02. The molecule has 3 heterocycles. The number of nitrogens with zero attached hydrogens (tertiary/aromatic N) is 5. The third-order valence-electron chi connectivity index (χ3n) is 6.13. The molecule has 38 heavy (non-hydrogen) atoms. The average Bonchev–Trinajstić information content (AvgIpc) is 2.90. The van der Waals surface area contributed by atoms with Crippen molar-refractivity contribution < 1.29 is 19.2 Å². The second kappa shape index (κ2) is 11.2. The maximum atomic E-state index is 13.4. The maximum Gasteiger partial charge on any atom is 0.341 e. The molecule has 0 atom stereocenters. The molecule has 0 saturated heterocycles. The first-order valence-electron chi connectivity index (χ1n) is 12.3. The predicted molar refractivity (Wildman–Crippen MR) is 140 cm³/mol. The molecule has 0 radical (unpaired) electrons. The standard InChI is InChI=1S/C27H27N5O6/c1-4-6-8-14-31-23-19(26(34)30-13-9-7-10-22(30)28-23)16-20(27(35)38-5-2)24(31)29-25(33)18-12-11-17(3)21(15-18)32(36)37/h7,9-13,15-16H,4-6,8,14H2,1-3H3. The molecule has 3 aromatic heterocycles. The van der Waals surface area contributed by atoms with Crippen molar-refractivity contribution in [2.45, 2.75) is 46.6 Å². The Morgan fingerprint density at radius 2 is 1.92 bits per heavy atom. The smallest absolute Gasteiger partial charge is 0.341 e. The zero-order chi connectivity index (χ0) is 27.4. The van der Waals surface area contributed by atoms with E-state index >= 15 is 0 Å². The number of hydrogen-bond acceptors (Lipinski definition) is 7. The van der Waals surface area contributed by atoms with E-state index in [1.165, 1.54) is 22.6 Å². The number of pyridine rings is 2. The minimum atomic E-state index is -0.778. The minimum absolute atomic E-state index is 0.0103. The van der Waals surface area contributed by atoms with Crippen molar-refractivity contribution in [1.29, 1.82) is 0 Å². The van der Waals surface area contributed by atoms with E-state index in [4.69, 9.17) is 4.74 Å². The third kappa shape index (κ3) is 5.08. The highest BCUT2D eigenvalue weighted by molar-refractivity contribution is 5.97. The molecular weight excluding hydrogens is 490 g/mol. The number of unbranched alkanes of at least 4 members (excludes halogenated alkanes) is 2. The van der Waals surface area contributed by atoms with Gasteiger partial charge in [0, 0.05) is 29.9 Å². The van der Waals surface area contributed by atoms with Crippen molar-refractivity contribution in [2.24, 2.45) is 4.99 Å². The lowest BCUT2D eigenvalue weighted by molar-refractivity contribution is -0.385. The highest BCUT2D eigenvalue weighted by atomic mass is 16.6. The van der Waals surface area contributed by atoms with E-state index in [1.807, 2.05) is 6.92 Å². The summed E-state index contributed by atoms with van der Waals surface area (Å²) < 4.78 is 8.20. The molecular formula is C27H27N5O6. The molecule has 0 spiro atoms. The number of aromatic nitrogens is 3. The molecule has 11 nitrogen and oxygen atoms in total. The Labute approximate surface area is 217 Å². The second-order valence-corrected chi connectivity index (χ2v) is 8.72. The number of fused-ring (bicyclic) bond motifs is 2. The van der Waals surface area contributed by atoms with Crippen LogP contribution in [0, 0.1) is 17.0 Å². The molecule has 4 rings (SSSR count). The molecule has 0 aliphatic heterocycles. The Balaban J connectivity index is 2.07. The predicted octanol–water partition coefficient (Wildman–Crippen LogP) is 3.97. The summed E-state index contributed by atoms with van der Waals surface area (Å²) in [5.74, 6) is -1.53. The lowest BCUT2D eigenvalue weighted by atomic mass is 10.1.